The minimum atomic E-state index is 0.928. The van der Waals surface area contributed by atoms with Crippen LogP contribution >= 0.6 is 0 Å². The Morgan fingerprint density at radius 3 is 3.00 bits per heavy atom. The highest BCUT2D eigenvalue weighted by atomic mass is 14.8. The topological polar surface area (TPSA) is 24.9 Å². The van der Waals surface area contributed by atoms with Gasteiger partial charge in [-0.3, -0.25) is 4.98 Å². The molecule has 0 radical (unpaired) electrons. The van der Waals surface area contributed by atoms with E-state index >= 15 is 0 Å². The number of benzene rings is 1. The molecular weight excluding hydrogens is 244 g/mol. The maximum atomic E-state index is 4.59. The molecule has 104 valence electrons. The Bertz CT molecular complexity index is 628. The number of pyridine rings is 1. The second kappa shape index (κ2) is 6.19. The quantitative estimate of drug-likeness (QED) is 0.650. The first kappa shape index (κ1) is 13.3. The lowest BCUT2D eigenvalue weighted by Gasteiger charge is -2.09. The van der Waals surface area contributed by atoms with Crippen LogP contribution in [0.5, 0.6) is 0 Å². The molecule has 1 aromatic heterocycles. The minimum Gasteiger partial charge on any atom is -0.312 e. The van der Waals surface area contributed by atoms with Crippen LogP contribution in [0.25, 0.3) is 10.9 Å². The molecule has 0 fully saturated rings. The van der Waals surface area contributed by atoms with Crippen molar-refractivity contribution in [2.45, 2.75) is 39.2 Å². The Kier molecular flexibility index (Phi) is 4.12. The van der Waals surface area contributed by atoms with Gasteiger partial charge in [-0.25, -0.2) is 0 Å². The first-order valence-corrected chi connectivity index (χ1v) is 7.57. The third kappa shape index (κ3) is 3.07. The van der Waals surface area contributed by atoms with E-state index in [1.54, 1.807) is 5.57 Å². The summed E-state index contributed by atoms with van der Waals surface area (Å²) in [5.74, 6) is 0. The fraction of sp³-hybridized carbons (Fsp3) is 0.389. The Labute approximate surface area is 120 Å². The highest BCUT2D eigenvalue weighted by Crippen LogP contribution is 2.20. The third-order valence-corrected chi connectivity index (χ3v) is 4.00. The van der Waals surface area contributed by atoms with Crippen LogP contribution in [0.2, 0.25) is 0 Å². The van der Waals surface area contributed by atoms with E-state index < -0.39 is 0 Å². The molecule has 3 rings (SSSR count). The molecule has 1 N–H and O–H groups in total. The number of hydrogen-bond acceptors (Lipinski definition) is 2. The van der Waals surface area contributed by atoms with E-state index in [9.17, 15) is 0 Å². The molecule has 1 aromatic carbocycles. The number of hydrogen-bond donors (Lipinski definition) is 1. The zero-order chi connectivity index (χ0) is 13.8. The van der Waals surface area contributed by atoms with Crippen molar-refractivity contribution in [3.05, 3.63) is 53.2 Å². The number of nitrogens with one attached hydrogen (secondary N) is 1. The van der Waals surface area contributed by atoms with Gasteiger partial charge >= 0.3 is 0 Å². The van der Waals surface area contributed by atoms with Crippen LogP contribution in [0.4, 0.5) is 0 Å². The van der Waals surface area contributed by atoms with Crippen molar-refractivity contribution in [1.29, 1.82) is 0 Å². The van der Waals surface area contributed by atoms with Crippen LogP contribution in [-0.2, 0) is 6.54 Å². The van der Waals surface area contributed by atoms with Gasteiger partial charge < -0.3 is 5.32 Å². The molecule has 0 unspecified atom stereocenters. The van der Waals surface area contributed by atoms with Crippen molar-refractivity contribution >= 4 is 10.9 Å². The minimum absolute atomic E-state index is 0.928. The molecule has 0 aliphatic heterocycles. The molecule has 0 saturated carbocycles. The van der Waals surface area contributed by atoms with E-state index in [4.69, 9.17) is 0 Å². The molecule has 2 aromatic rings. The number of nitrogens with zero attached hydrogens (tertiary/aromatic N) is 1. The fourth-order valence-electron chi connectivity index (χ4n) is 2.98. The molecule has 0 amide bonds. The Morgan fingerprint density at radius 1 is 1.25 bits per heavy atom. The number of fused-ring (bicyclic) bond motifs is 1. The Hall–Kier alpha value is -1.67. The molecule has 2 heteroatoms. The van der Waals surface area contributed by atoms with Gasteiger partial charge in [0.05, 0.1) is 5.52 Å². The third-order valence-electron chi connectivity index (χ3n) is 4.00. The largest absolute Gasteiger partial charge is 0.312 e. The smallest absolute Gasteiger partial charge is 0.0708 e. The standard InChI is InChI=1S/C18H22N2/c1-14-12-16(17-8-4-5-9-18(17)20-14)13-19-11-10-15-6-2-3-7-15/h4-6,8-9,12,19H,2-3,7,10-11,13H2,1H3. The number of aromatic nitrogens is 1. The Morgan fingerprint density at radius 2 is 2.15 bits per heavy atom. The summed E-state index contributed by atoms with van der Waals surface area (Å²) in [6.07, 6.45) is 7.54. The molecule has 0 saturated heterocycles. The normalized spacial score (nSPS) is 14.8. The SMILES string of the molecule is Cc1cc(CNCCC2=CCCC2)c2ccccc2n1. The predicted molar refractivity (Wildman–Crippen MR) is 84.7 cm³/mol. The van der Waals surface area contributed by atoms with Crippen molar-refractivity contribution in [2.75, 3.05) is 6.54 Å². The fourth-order valence-corrected chi connectivity index (χ4v) is 2.98. The van der Waals surface area contributed by atoms with Crippen molar-refractivity contribution in [1.82, 2.24) is 10.3 Å². The van der Waals surface area contributed by atoms with Gasteiger partial charge in [-0.15, -0.1) is 0 Å². The molecule has 0 atom stereocenters. The average Bonchev–Trinajstić information content (AvgIpc) is 2.96. The average molecular weight is 266 g/mol. The molecule has 0 bridgehead atoms. The molecule has 1 aliphatic rings. The number of rotatable bonds is 5. The van der Waals surface area contributed by atoms with E-state index in [0.29, 0.717) is 0 Å². The van der Waals surface area contributed by atoms with Crippen LogP contribution in [0, 0.1) is 6.92 Å². The summed E-state index contributed by atoms with van der Waals surface area (Å²) in [7, 11) is 0. The second-order valence-electron chi connectivity index (χ2n) is 5.62. The highest BCUT2D eigenvalue weighted by Gasteiger charge is 2.05. The summed E-state index contributed by atoms with van der Waals surface area (Å²) in [4.78, 5) is 4.59. The summed E-state index contributed by atoms with van der Waals surface area (Å²) in [6, 6.07) is 10.6. The van der Waals surface area contributed by atoms with Gasteiger partial charge in [0.2, 0.25) is 0 Å². The maximum absolute atomic E-state index is 4.59. The second-order valence-corrected chi connectivity index (χ2v) is 5.62. The first-order chi connectivity index (χ1) is 9.83. The summed E-state index contributed by atoms with van der Waals surface area (Å²) in [6.45, 7) is 4.07. The van der Waals surface area contributed by atoms with Crippen LogP contribution in [0.1, 0.15) is 36.9 Å². The maximum Gasteiger partial charge on any atom is 0.0708 e. The van der Waals surface area contributed by atoms with Gasteiger partial charge in [0.15, 0.2) is 0 Å². The zero-order valence-corrected chi connectivity index (χ0v) is 12.2. The van der Waals surface area contributed by atoms with E-state index in [2.05, 4.69) is 53.6 Å². The number of para-hydroxylation sites is 1. The Balaban J connectivity index is 1.64. The van der Waals surface area contributed by atoms with Gasteiger partial charge in [0.25, 0.3) is 0 Å². The van der Waals surface area contributed by atoms with Crippen molar-refractivity contribution < 1.29 is 0 Å². The molecular formula is C18H22N2. The van der Waals surface area contributed by atoms with Crippen LogP contribution in [0.15, 0.2) is 42.0 Å². The number of aryl methyl sites for hydroxylation is 1. The lowest BCUT2D eigenvalue weighted by molar-refractivity contribution is 0.677. The zero-order valence-electron chi connectivity index (χ0n) is 12.2. The lowest BCUT2D eigenvalue weighted by atomic mass is 10.1. The molecule has 1 aliphatic carbocycles. The van der Waals surface area contributed by atoms with E-state index in [0.717, 1.165) is 24.3 Å². The number of allylic oxidation sites excluding steroid dienone is 1. The summed E-state index contributed by atoms with van der Waals surface area (Å²) >= 11 is 0. The highest BCUT2D eigenvalue weighted by molar-refractivity contribution is 5.82. The lowest BCUT2D eigenvalue weighted by Crippen LogP contribution is -2.15. The van der Waals surface area contributed by atoms with E-state index in [1.165, 1.54) is 36.6 Å². The van der Waals surface area contributed by atoms with Crippen molar-refractivity contribution in [2.24, 2.45) is 0 Å². The van der Waals surface area contributed by atoms with Gasteiger partial charge in [-0.1, -0.05) is 29.8 Å². The van der Waals surface area contributed by atoms with Crippen molar-refractivity contribution in [3.63, 3.8) is 0 Å². The van der Waals surface area contributed by atoms with Gasteiger partial charge in [-0.05, 0) is 56.8 Å². The van der Waals surface area contributed by atoms with Crippen LogP contribution < -0.4 is 5.32 Å². The predicted octanol–water partition coefficient (Wildman–Crippen LogP) is 4.13. The van der Waals surface area contributed by atoms with Crippen LogP contribution in [0.3, 0.4) is 0 Å². The van der Waals surface area contributed by atoms with Gasteiger partial charge in [-0.2, -0.15) is 0 Å². The molecule has 0 spiro atoms. The van der Waals surface area contributed by atoms with Crippen LogP contribution in [-0.4, -0.2) is 11.5 Å². The first-order valence-electron chi connectivity index (χ1n) is 7.57. The molecule has 20 heavy (non-hydrogen) atoms. The summed E-state index contributed by atoms with van der Waals surface area (Å²) in [5.41, 5.74) is 5.18. The monoisotopic (exact) mass is 266 g/mol. The molecule has 1 heterocycles. The summed E-state index contributed by atoms with van der Waals surface area (Å²) in [5, 5.41) is 4.85. The van der Waals surface area contributed by atoms with E-state index in [-0.39, 0.29) is 0 Å². The molecule has 2 nitrogen and oxygen atoms in total. The van der Waals surface area contributed by atoms with E-state index in [1.807, 2.05) is 0 Å². The van der Waals surface area contributed by atoms with Gasteiger partial charge in [0.1, 0.15) is 0 Å². The van der Waals surface area contributed by atoms with Crippen molar-refractivity contribution in [3.8, 4) is 0 Å². The van der Waals surface area contributed by atoms with Gasteiger partial charge in [0, 0.05) is 17.6 Å². The summed E-state index contributed by atoms with van der Waals surface area (Å²) < 4.78 is 0.